The Morgan fingerprint density at radius 3 is 2.61 bits per heavy atom. The van der Waals surface area contributed by atoms with Crippen LogP contribution in [0.1, 0.15) is 38.9 Å². The number of nitrogens with zero attached hydrogens (tertiary/aromatic N) is 3. The van der Waals surface area contributed by atoms with Crippen molar-refractivity contribution in [3.05, 3.63) is 11.9 Å². The van der Waals surface area contributed by atoms with E-state index < -0.39 is 0 Å². The number of hydrogen-bond acceptors (Lipinski definition) is 4. The van der Waals surface area contributed by atoms with E-state index in [-0.39, 0.29) is 0 Å². The minimum absolute atomic E-state index is 0.352. The Morgan fingerprint density at radius 2 is 2.11 bits per heavy atom. The van der Waals surface area contributed by atoms with Crippen LogP contribution in [0.25, 0.3) is 0 Å². The van der Waals surface area contributed by atoms with Gasteiger partial charge in [-0.15, -0.1) is 0 Å². The van der Waals surface area contributed by atoms with Crippen molar-refractivity contribution < 1.29 is 0 Å². The van der Waals surface area contributed by atoms with Crippen molar-refractivity contribution in [3.8, 4) is 0 Å². The van der Waals surface area contributed by atoms with Gasteiger partial charge >= 0.3 is 0 Å². The van der Waals surface area contributed by atoms with Crippen molar-refractivity contribution in [2.24, 2.45) is 11.8 Å². The number of hydrogen-bond donors (Lipinski definition) is 1. The van der Waals surface area contributed by atoms with Gasteiger partial charge < -0.3 is 10.2 Å². The highest BCUT2D eigenvalue weighted by atomic mass is 15.2. The first-order chi connectivity index (χ1) is 8.51. The molecule has 0 amide bonds. The molecule has 1 aliphatic carbocycles. The second-order valence-electron chi connectivity index (χ2n) is 5.73. The van der Waals surface area contributed by atoms with E-state index in [1.54, 1.807) is 0 Å². The Labute approximate surface area is 110 Å². The monoisotopic (exact) mass is 248 g/mol. The summed E-state index contributed by atoms with van der Waals surface area (Å²) in [7, 11) is 4.02. The predicted octanol–water partition coefficient (Wildman–Crippen LogP) is 2.73. The van der Waals surface area contributed by atoms with E-state index in [0.29, 0.717) is 5.92 Å². The van der Waals surface area contributed by atoms with Crippen LogP contribution >= 0.6 is 0 Å². The van der Waals surface area contributed by atoms with Crippen LogP contribution in [0.3, 0.4) is 0 Å². The molecule has 1 aromatic rings. The normalized spacial score (nSPS) is 22.1. The molecule has 18 heavy (non-hydrogen) atoms. The SMILES string of the molecule is CNc1cc(N(C)CC2CC2C)nc(C(C)C)n1. The number of anilines is 2. The summed E-state index contributed by atoms with van der Waals surface area (Å²) in [6.07, 6.45) is 1.35. The van der Waals surface area contributed by atoms with E-state index in [2.05, 4.69) is 48.0 Å². The lowest BCUT2D eigenvalue weighted by Crippen LogP contribution is -2.22. The summed E-state index contributed by atoms with van der Waals surface area (Å²) in [5, 5.41) is 3.12. The molecule has 1 heterocycles. The highest BCUT2D eigenvalue weighted by molar-refractivity contribution is 5.49. The first-order valence-electron chi connectivity index (χ1n) is 6.79. The molecule has 2 atom stereocenters. The molecule has 2 rings (SSSR count). The Hall–Kier alpha value is -1.32. The molecule has 1 fully saturated rings. The summed E-state index contributed by atoms with van der Waals surface area (Å²) in [6, 6.07) is 2.03. The molecule has 4 heteroatoms. The van der Waals surface area contributed by atoms with E-state index in [1.165, 1.54) is 6.42 Å². The van der Waals surface area contributed by atoms with Gasteiger partial charge in [0.25, 0.3) is 0 Å². The van der Waals surface area contributed by atoms with Crippen molar-refractivity contribution >= 4 is 11.6 Å². The molecule has 0 aromatic carbocycles. The van der Waals surface area contributed by atoms with Gasteiger partial charge in [0.2, 0.25) is 0 Å². The number of aromatic nitrogens is 2. The summed E-state index contributed by atoms with van der Waals surface area (Å²) in [4.78, 5) is 11.4. The molecule has 0 spiro atoms. The molecule has 100 valence electrons. The molecule has 0 bridgehead atoms. The summed E-state index contributed by atoms with van der Waals surface area (Å²) in [5.41, 5.74) is 0. The Morgan fingerprint density at radius 1 is 1.44 bits per heavy atom. The van der Waals surface area contributed by atoms with Gasteiger partial charge in [0.05, 0.1) is 0 Å². The molecule has 0 aliphatic heterocycles. The van der Waals surface area contributed by atoms with Gasteiger partial charge in [-0.05, 0) is 18.3 Å². The van der Waals surface area contributed by atoms with Crippen LogP contribution in [0.15, 0.2) is 6.07 Å². The molecule has 0 saturated heterocycles. The lowest BCUT2D eigenvalue weighted by atomic mass is 10.2. The third-order valence-corrected chi connectivity index (χ3v) is 3.68. The van der Waals surface area contributed by atoms with Gasteiger partial charge in [-0.2, -0.15) is 0 Å². The quantitative estimate of drug-likeness (QED) is 0.870. The number of nitrogens with one attached hydrogen (secondary N) is 1. The van der Waals surface area contributed by atoms with Crippen molar-refractivity contribution in [1.29, 1.82) is 0 Å². The van der Waals surface area contributed by atoms with Gasteiger partial charge in [0, 0.05) is 32.6 Å². The Balaban J connectivity index is 2.17. The summed E-state index contributed by atoms with van der Waals surface area (Å²) in [5.74, 6) is 4.91. The minimum Gasteiger partial charge on any atom is -0.373 e. The second-order valence-corrected chi connectivity index (χ2v) is 5.73. The van der Waals surface area contributed by atoms with Crippen LogP contribution in [0, 0.1) is 11.8 Å². The molecule has 4 nitrogen and oxygen atoms in total. The lowest BCUT2D eigenvalue weighted by molar-refractivity contribution is 0.708. The van der Waals surface area contributed by atoms with Crippen LogP contribution in [-0.2, 0) is 0 Å². The fourth-order valence-corrected chi connectivity index (χ4v) is 2.13. The summed E-state index contributed by atoms with van der Waals surface area (Å²) in [6.45, 7) is 7.67. The third-order valence-electron chi connectivity index (χ3n) is 3.68. The van der Waals surface area contributed by atoms with Crippen LogP contribution in [-0.4, -0.2) is 30.6 Å². The van der Waals surface area contributed by atoms with Gasteiger partial charge in [0.1, 0.15) is 17.5 Å². The second kappa shape index (κ2) is 5.12. The average molecular weight is 248 g/mol. The molecule has 1 saturated carbocycles. The van der Waals surface area contributed by atoms with E-state index in [9.17, 15) is 0 Å². The van der Waals surface area contributed by atoms with E-state index in [4.69, 9.17) is 0 Å². The standard InChI is InChI=1S/C14H24N4/c1-9(2)14-16-12(15-4)7-13(17-14)18(5)8-11-6-10(11)3/h7,9-11H,6,8H2,1-5H3,(H,15,16,17). The largest absolute Gasteiger partial charge is 0.373 e. The highest BCUT2D eigenvalue weighted by Gasteiger charge is 2.33. The van der Waals surface area contributed by atoms with Crippen LogP contribution in [0.4, 0.5) is 11.6 Å². The van der Waals surface area contributed by atoms with Crippen LogP contribution in [0.5, 0.6) is 0 Å². The average Bonchev–Trinajstić information content (AvgIpc) is 3.04. The Bertz CT molecular complexity index is 416. The van der Waals surface area contributed by atoms with Crippen molar-refractivity contribution in [1.82, 2.24) is 9.97 Å². The molecule has 1 N–H and O–H groups in total. The zero-order valence-corrected chi connectivity index (χ0v) is 12.1. The van der Waals surface area contributed by atoms with Crippen molar-refractivity contribution in [2.75, 3.05) is 30.9 Å². The van der Waals surface area contributed by atoms with E-state index in [1.807, 2.05) is 13.1 Å². The minimum atomic E-state index is 0.352. The summed E-state index contributed by atoms with van der Waals surface area (Å²) < 4.78 is 0. The van der Waals surface area contributed by atoms with Crippen LogP contribution in [0.2, 0.25) is 0 Å². The maximum atomic E-state index is 4.66. The molecule has 2 unspecified atom stereocenters. The number of rotatable bonds is 5. The van der Waals surface area contributed by atoms with E-state index in [0.717, 1.165) is 35.8 Å². The first kappa shape index (κ1) is 13.1. The van der Waals surface area contributed by atoms with Gasteiger partial charge in [-0.3, -0.25) is 0 Å². The topological polar surface area (TPSA) is 41.0 Å². The fourth-order valence-electron chi connectivity index (χ4n) is 2.13. The van der Waals surface area contributed by atoms with Crippen LogP contribution < -0.4 is 10.2 Å². The predicted molar refractivity (Wildman–Crippen MR) is 76.2 cm³/mol. The lowest BCUT2D eigenvalue weighted by Gasteiger charge is -2.20. The third kappa shape index (κ3) is 2.92. The van der Waals surface area contributed by atoms with Gasteiger partial charge in [-0.1, -0.05) is 20.8 Å². The fraction of sp³-hybridized carbons (Fsp3) is 0.714. The molecule has 1 aliphatic rings. The molecule has 1 aromatic heterocycles. The summed E-state index contributed by atoms with van der Waals surface area (Å²) >= 11 is 0. The maximum Gasteiger partial charge on any atom is 0.135 e. The maximum absolute atomic E-state index is 4.66. The molecule has 0 radical (unpaired) electrons. The van der Waals surface area contributed by atoms with Crippen molar-refractivity contribution in [2.45, 2.75) is 33.1 Å². The first-order valence-corrected chi connectivity index (χ1v) is 6.79. The zero-order chi connectivity index (χ0) is 13.3. The zero-order valence-electron chi connectivity index (χ0n) is 12.1. The van der Waals surface area contributed by atoms with E-state index >= 15 is 0 Å². The van der Waals surface area contributed by atoms with Gasteiger partial charge in [0.15, 0.2) is 0 Å². The Kier molecular flexibility index (Phi) is 3.73. The molecular weight excluding hydrogens is 224 g/mol. The van der Waals surface area contributed by atoms with Crippen molar-refractivity contribution in [3.63, 3.8) is 0 Å². The molecular formula is C14H24N4. The highest BCUT2D eigenvalue weighted by Crippen LogP contribution is 2.38. The smallest absolute Gasteiger partial charge is 0.135 e. The van der Waals surface area contributed by atoms with Gasteiger partial charge in [-0.25, -0.2) is 9.97 Å².